The third-order valence-electron chi connectivity index (χ3n) is 2.84. The van der Waals surface area contributed by atoms with Crippen molar-refractivity contribution < 1.29 is 4.74 Å². The summed E-state index contributed by atoms with van der Waals surface area (Å²) in [5, 5.41) is 0. The fraction of sp³-hybridized carbons (Fsp3) is 0.250. The van der Waals surface area contributed by atoms with Gasteiger partial charge >= 0.3 is 0 Å². The molecular weight excluding hydrogens is 208 g/mol. The Morgan fingerprint density at radius 3 is 2.24 bits per heavy atom. The Kier molecular flexibility index (Phi) is 3.48. The second-order valence-corrected chi connectivity index (χ2v) is 4.59. The van der Waals surface area contributed by atoms with E-state index in [-0.39, 0.29) is 0 Å². The van der Waals surface area contributed by atoms with Crippen LogP contribution in [-0.2, 0) is 0 Å². The molecule has 0 radical (unpaired) electrons. The molecule has 2 aromatic rings. The van der Waals surface area contributed by atoms with Crippen molar-refractivity contribution in [2.75, 3.05) is 0 Å². The molecule has 88 valence electrons. The summed E-state index contributed by atoms with van der Waals surface area (Å²) in [6.07, 6.45) is 0. The van der Waals surface area contributed by atoms with E-state index in [2.05, 4.69) is 39.0 Å². The lowest BCUT2D eigenvalue weighted by Crippen LogP contribution is -1.91. The summed E-state index contributed by atoms with van der Waals surface area (Å²) in [6.45, 7) is 6.49. The van der Waals surface area contributed by atoms with E-state index >= 15 is 0 Å². The first-order valence-electron chi connectivity index (χ1n) is 6.00. The molecule has 0 aliphatic carbocycles. The fourth-order valence-electron chi connectivity index (χ4n) is 1.76. The zero-order chi connectivity index (χ0) is 12.3. The second kappa shape index (κ2) is 5.05. The Bertz CT molecular complexity index is 486. The molecule has 0 aromatic heterocycles. The molecule has 2 rings (SSSR count). The van der Waals surface area contributed by atoms with Crippen molar-refractivity contribution in [3.8, 4) is 11.5 Å². The van der Waals surface area contributed by atoms with Gasteiger partial charge in [0.15, 0.2) is 0 Å². The third-order valence-corrected chi connectivity index (χ3v) is 2.84. The van der Waals surface area contributed by atoms with Crippen LogP contribution in [-0.4, -0.2) is 0 Å². The van der Waals surface area contributed by atoms with Gasteiger partial charge in [0.2, 0.25) is 0 Å². The van der Waals surface area contributed by atoms with Gasteiger partial charge in [-0.1, -0.05) is 44.2 Å². The first-order valence-corrected chi connectivity index (χ1v) is 6.00. The van der Waals surface area contributed by atoms with Gasteiger partial charge in [0.1, 0.15) is 11.5 Å². The lowest BCUT2D eigenvalue weighted by molar-refractivity contribution is 0.478. The summed E-state index contributed by atoms with van der Waals surface area (Å²) in [6, 6.07) is 16.3. The van der Waals surface area contributed by atoms with Gasteiger partial charge in [-0.3, -0.25) is 0 Å². The molecule has 2 aromatic carbocycles. The van der Waals surface area contributed by atoms with Gasteiger partial charge in [-0.05, 0) is 42.2 Å². The van der Waals surface area contributed by atoms with Crippen LogP contribution >= 0.6 is 0 Å². The van der Waals surface area contributed by atoms with Gasteiger partial charge in [-0.25, -0.2) is 0 Å². The Morgan fingerprint density at radius 1 is 0.941 bits per heavy atom. The molecule has 1 heteroatoms. The predicted octanol–water partition coefficient (Wildman–Crippen LogP) is 4.91. The van der Waals surface area contributed by atoms with Crippen molar-refractivity contribution >= 4 is 0 Å². The van der Waals surface area contributed by atoms with Crippen molar-refractivity contribution in [2.24, 2.45) is 0 Å². The molecule has 1 nitrogen and oxygen atoms in total. The van der Waals surface area contributed by atoms with Crippen molar-refractivity contribution in [3.05, 3.63) is 59.7 Å². The Morgan fingerprint density at radius 2 is 1.65 bits per heavy atom. The summed E-state index contributed by atoms with van der Waals surface area (Å²) in [5.41, 5.74) is 2.53. The van der Waals surface area contributed by atoms with Crippen LogP contribution in [0.25, 0.3) is 0 Å². The van der Waals surface area contributed by atoms with E-state index in [1.54, 1.807) is 0 Å². The highest BCUT2D eigenvalue weighted by Gasteiger charge is 2.04. The molecule has 0 atom stereocenters. The van der Waals surface area contributed by atoms with E-state index in [0.29, 0.717) is 5.92 Å². The molecule has 0 bridgehead atoms. The number of hydrogen-bond acceptors (Lipinski definition) is 1. The first-order chi connectivity index (χ1) is 8.16. The number of hydrogen-bond donors (Lipinski definition) is 0. The standard InChI is InChI=1S/C16H18O/c1-12(2)14-9-10-16(13(3)11-14)17-15-7-5-4-6-8-15/h4-12H,1-3H3. The van der Waals surface area contributed by atoms with Crippen LogP contribution in [0.5, 0.6) is 11.5 Å². The molecule has 0 unspecified atom stereocenters. The van der Waals surface area contributed by atoms with Gasteiger partial charge in [0.25, 0.3) is 0 Å². The predicted molar refractivity (Wildman–Crippen MR) is 71.8 cm³/mol. The highest BCUT2D eigenvalue weighted by molar-refractivity contribution is 5.40. The van der Waals surface area contributed by atoms with Crippen molar-refractivity contribution in [1.82, 2.24) is 0 Å². The minimum atomic E-state index is 0.555. The number of rotatable bonds is 3. The minimum Gasteiger partial charge on any atom is -0.457 e. The van der Waals surface area contributed by atoms with Crippen LogP contribution in [0, 0.1) is 6.92 Å². The van der Waals surface area contributed by atoms with E-state index in [9.17, 15) is 0 Å². The SMILES string of the molecule is Cc1cc(C(C)C)ccc1Oc1ccccc1. The van der Waals surface area contributed by atoms with Crippen LogP contribution in [0.4, 0.5) is 0 Å². The summed E-state index contributed by atoms with van der Waals surface area (Å²) < 4.78 is 5.84. The highest BCUT2D eigenvalue weighted by atomic mass is 16.5. The van der Waals surface area contributed by atoms with Crippen molar-refractivity contribution in [2.45, 2.75) is 26.7 Å². The van der Waals surface area contributed by atoms with E-state index in [1.807, 2.05) is 30.3 Å². The quantitative estimate of drug-likeness (QED) is 0.722. The lowest BCUT2D eigenvalue weighted by Gasteiger charge is -2.11. The van der Waals surface area contributed by atoms with Gasteiger partial charge in [-0.15, -0.1) is 0 Å². The van der Waals surface area contributed by atoms with E-state index in [4.69, 9.17) is 4.74 Å². The molecule has 0 saturated heterocycles. The van der Waals surface area contributed by atoms with E-state index in [0.717, 1.165) is 11.5 Å². The summed E-state index contributed by atoms with van der Waals surface area (Å²) in [7, 11) is 0. The van der Waals surface area contributed by atoms with Gasteiger partial charge < -0.3 is 4.74 Å². The maximum atomic E-state index is 5.84. The summed E-state index contributed by atoms with van der Waals surface area (Å²) in [5.74, 6) is 2.37. The molecule has 0 N–H and O–H groups in total. The number of ether oxygens (including phenoxy) is 1. The first kappa shape index (κ1) is 11.7. The lowest BCUT2D eigenvalue weighted by atomic mass is 10.0. The average molecular weight is 226 g/mol. The smallest absolute Gasteiger partial charge is 0.130 e. The van der Waals surface area contributed by atoms with Crippen LogP contribution in [0.3, 0.4) is 0 Å². The molecule has 0 amide bonds. The zero-order valence-electron chi connectivity index (χ0n) is 10.6. The number of aryl methyl sites for hydroxylation is 1. The molecule has 0 aliphatic rings. The monoisotopic (exact) mass is 226 g/mol. The molecular formula is C16H18O. The van der Waals surface area contributed by atoms with Crippen molar-refractivity contribution in [3.63, 3.8) is 0 Å². The van der Waals surface area contributed by atoms with E-state index in [1.165, 1.54) is 11.1 Å². The highest BCUT2D eigenvalue weighted by Crippen LogP contribution is 2.27. The molecule has 0 fully saturated rings. The minimum absolute atomic E-state index is 0.555. The number of benzene rings is 2. The van der Waals surface area contributed by atoms with E-state index < -0.39 is 0 Å². The number of para-hydroxylation sites is 1. The topological polar surface area (TPSA) is 9.23 Å². The van der Waals surface area contributed by atoms with Crippen LogP contribution in [0.1, 0.15) is 30.9 Å². The normalized spacial score (nSPS) is 10.6. The van der Waals surface area contributed by atoms with Crippen LogP contribution in [0.15, 0.2) is 48.5 Å². The molecule has 17 heavy (non-hydrogen) atoms. The maximum Gasteiger partial charge on any atom is 0.130 e. The Balaban J connectivity index is 2.23. The maximum absolute atomic E-state index is 5.84. The van der Waals surface area contributed by atoms with Gasteiger partial charge in [0, 0.05) is 0 Å². The van der Waals surface area contributed by atoms with Gasteiger partial charge in [0.05, 0.1) is 0 Å². The molecule has 0 spiro atoms. The van der Waals surface area contributed by atoms with Crippen LogP contribution < -0.4 is 4.74 Å². The van der Waals surface area contributed by atoms with Gasteiger partial charge in [-0.2, -0.15) is 0 Å². The Labute approximate surface area is 103 Å². The summed E-state index contributed by atoms with van der Waals surface area (Å²) in [4.78, 5) is 0. The third kappa shape index (κ3) is 2.88. The zero-order valence-corrected chi connectivity index (χ0v) is 10.6. The molecule has 0 heterocycles. The van der Waals surface area contributed by atoms with Crippen LogP contribution in [0.2, 0.25) is 0 Å². The fourth-order valence-corrected chi connectivity index (χ4v) is 1.76. The largest absolute Gasteiger partial charge is 0.457 e. The molecule has 0 aliphatic heterocycles. The molecule has 0 saturated carbocycles. The average Bonchev–Trinajstić information content (AvgIpc) is 2.33. The van der Waals surface area contributed by atoms with Crippen molar-refractivity contribution in [1.29, 1.82) is 0 Å². The Hall–Kier alpha value is -1.76. The second-order valence-electron chi connectivity index (χ2n) is 4.59. The summed E-state index contributed by atoms with van der Waals surface area (Å²) >= 11 is 0.